The molecule has 1 aromatic carbocycles. The zero-order chi connectivity index (χ0) is 68.3. The van der Waals surface area contributed by atoms with Gasteiger partial charge in [-0.25, -0.2) is 44.3 Å². The fraction of sp³-hybridized carbons (Fsp3) is 0.547. The molecule has 0 saturated carbocycles. The number of likely N-dealkylation sites (N-methyl/N-ethyl adjacent to an activating group) is 1. The van der Waals surface area contributed by atoms with Crippen LogP contribution in [0, 0.1) is 17.8 Å². The Bertz CT molecular complexity index is 3690. The predicted octanol–water partition coefficient (Wildman–Crippen LogP) is 1.14. The van der Waals surface area contributed by atoms with E-state index in [0.29, 0.717) is 11.3 Å². The molecule has 2 bridgehead atoms. The number of ether oxygens (including phenoxy) is 5. The van der Waals surface area contributed by atoms with Crippen molar-refractivity contribution in [1.29, 1.82) is 0 Å². The Labute approximate surface area is 545 Å². The largest absolute Gasteiger partial charge is 0.509 e. The third kappa shape index (κ3) is 18.8. The van der Waals surface area contributed by atoms with Crippen molar-refractivity contribution in [2.75, 3.05) is 56.7 Å². The van der Waals surface area contributed by atoms with E-state index in [0.717, 1.165) is 11.2 Å². The molecule has 14 N–H and O–H groups in total. The number of hydrogen-bond donors (Lipinski definition) is 11. The first-order valence-electron chi connectivity index (χ1n) is 29.1. The summed E-state index contributed by atoms with van der Waals surface area (Å²) in [6.07, 6.45) is -10.8. The van der Waals surface area contributed by atoms with Crippen LogP contribution in [0.15, 0.2) is 49.6 Å². The van der Waals surface area contributed by atoms with Gasteiger partial charge in [0.25, 0.3) is 0 Å². The van der Waals surface area contributed by atoms with Gasteiger partial charge in [0, 0.05) is 51.0 Å². The van der Waals surface area contributed by atoms with Gasteiger partial charge in [-0.1, -0.05) is 32.9 Å². The van der Waals surface area contributed by atoms with Gasteiger partial charge in [0.1, 0.15) is 66.9 Å². The lowest BCUT2D eigenvalue weighted by atomic mass is 9.89. The number of nitrogen functional groups attached to an aromatic ring is 2. The first-order chi connectivity index (χ1) is 44.5. The van der Waals surface area contributed by atoms with Crippen LogP contribution in [0.3, 0.4) is 0 Å². The van der Waals surface area contributed by atoms with Crippen LogP contribution in [0.4, 0.5) is 31.7 Å². The number of carboxylic acid groups (broad SMARTS) is 1. The van der Waals surface area contributed by atoms with E-state index >= 15 is 0 Å². The summed E-state index contributed by atoms with van der Waals surface area (Å²) in [5.74, 6) is -5.50. The Balaban J connectivity index is 0.875. The van der Waals surface area contributed by atoms with Crippen molar-refractivity contribution in [3.8, 4) is 0 Å². The summed E-state index contributed by atoms with van der Waals surface area (Å²) >= 11 is 10.9. The number of nitrogens with two attached hydrogens (primary N) is 3. The fourth-order valence-electron chi connectivity index (χ4n) is 10.2. The molecule has 7 heterocycles. The van der Waals surface area contributed by atoms with E-state index in [1.807, 2.05) is 0 Å². The Morgan fingerprint density at radius 1 is 0.787 bits per heavy atom. The number of aliphatic hydroxyl groups excluding tert-OH is 1. The van der Waals surface area contributed by atoms with Gasteiger partial charge in [-0.05, 0) is 67.0 Å². The molecule has 512 valence electrons. The number of imidazole rings is 2. The number of anilines is 3. The zero-order valence-electron chi connectivity index (χ0n) is 51.1. The number of aromatic nitrogens is 8. The second-order valence-electron chi connectivity index (χ2n) is 22.5. The van der Waals surface area contributed by atoms with Crippen molar-refractivity contribution in [3.05, 3.63) is 55.1 Å². The summed E-state index contributed by atoms with van der Waals surface area (Å²) in [5, 5.41) is 31.0. The van der Waals surface area contributed by atoms with Crippen molar-refractivity contribution in [3.63, 3.8) is 0 Å². The molecule has 14 atom stereocenters. The lowest BCUT2D eigenvalue weighted by molar-refractivity contribution is -0.143. The minimum Gasteiger partial charge on any atom is -0.481 e. The SMILES string of the molecule is CC(CN(C)C(=O)OCc1ccc(NC(=O)[C@H](CCCNC(N)=O)CC(=O)[C@@H](NC(=O)CCNC(=O)CC(C)C(=O)O)C(C)C)cc1)OC(=O)O[C@@H]1C2OP(O)(=S)OC[C@H]3O[C@@H](n4cnc5c(N)ncnc54)[C@H](OP(O)(=S)OC[C@H]2O[C@H]1n1cnc2c(N)ncnc21)[C@@H]3O. The van der Waals surface area contributed by atoms with Crippen molar-refractivity contribution in [2.45, 2.75) is 128 Å². The van der Waals surface area contributed by atoms with Gasteiger partial charge in [0.05, 0.1) is 44.4 Å². The van der Waals surface area contributed by atoms with E-state index in [-0.39, 0.29) is 92.3 Å². The summed E-state index contributed by atoms with van der Waals surface area (Å²) in [7, 11) is 1.37. The van der Waals surface area contributed by atoms with E-state index in [2.05, 4.69) is 51.2 Å². The second-order valence-corrected chi connectivity index (χ2v) is 28.1. The Morgan fingerprint density at radius 2 is 1.38 bits per heavy atom. The number of Topliss-reactive ketones (excluding diaryl/α,β-unsaturated/α-hetero) is 1. The third-order valence-corrected chi connectivity index (χ3v) is 18.1. The van der Waals surface area contributed by atoms with Gasteiger partial charge in [0.2, 0.25) is 17.7 Å². The Morgan fingerprint density at radius 3 is 1.99 bits per heavy atom. The molecular formula is C53H72N16O21P2S2. The number of aliphatic carboxylic acids is 1. The van der Waals surface area contributed by atoms with E-state index in [9.17, 15) is 53.2 Å². The quantitative estimate of drug-likeness (QED) is 0.0222. The summed E-state index contributed by atoms with van der Waals surface area (Å²) in [4.78, 5) is 152. The highest BCUT2D eigenvalue weighted by molar-refractivity contribution is 8.07. The number of fused-ring (bicyclic) bond motifs is 5. The molecule has 3 aliphatic heterocycles. The number of primary amides is 1. The lowest BCUT2D eigenvalue weighted by Gasteiger charge is -2.29. The summed E-state index contributed by atoms with van der Waals surface area (Å²) in [5.41, 5.74) is 18.7. The van der Waals surface area contributed by atoms with Crippen LogP contribution in [0.1, 0.15) is 77.8 Å². The van der Waals surface area contributed by atoms with Crippen LogP contribution in [0.5, 0.6) is 0 Å². The number of benzene rings is 1. The lowest BCUT2D eigenvalue weighted by Crippen LogP contribution is -2.46. The van der Waals surface area contributed by atoms with Gasteiger partial charge in [-0.2, -0.15) is 0 Å². The van der Waals surface area contributed by atoms with Crippen molar-refractivity contribution in [2.24, 2.45) is 23.5 Å². The standard InChI is InChI=1S/C53H72N16O21P2S2/c1-25(2)36(66-34(71)12-14-57-35(72)15-26(3)50(75)76)31(70)16-29(7-6-13-58-51(56)77)47(74)65-30-10-8-28(9-11-30)18-82-52(78)67(5)17-27(4)85-53(79)88-42-40-33(87-49(42)69-24-64-38-44(55)60-22-62-46(38)69)20-84-92(81,94)90-41-39(73)32(19-83-91(80,93)89-40)86-48(41)68-23-63-37-43(54)59-21-61-45(37)68/h8-11,21-27,29,32-33,36,39-42,48-49,73H,6-7,12-20H2,1-5H3,(H,57,72)(H,65,74)(H,66,71)(H,75,76)(H,80,93)(H,81,94)(H2,54,59,61)(H2,55,60,62)(H3,56,58,77)/t26?,27?,29-,32-,33-,36+,39-,40?,41-,42-,48-,49-,91?,92?/m1/s1. The predicted molar refractivity (Wildman–Crippen MR) is 332 cm³/mol. The van der Waals surface area contributed by atoms with Crippen molar-refractivity contribution >= 4 is 124 Å². The minimum absolute atomic E-state index is 0.0231. The maximum atomic E-state index is 13.9. The number of nitrogens with one attached hydrogen (secondary N) is 4. The van der Waals surface area contributed by atoms with Gasteiger partial charge in [-0.3, -0.25) is 42.2 Å². The highest BCUT2D eigenvalue weighted by atomic mass is 32.5. The highest BCUT2D eigenvalue weighted by Gasteiger charge is 2.55. The normalized spacial score (nSPS) is 25.0. The zero-order valence-corrected chi connectivity index (χ0v) is 54.5. The number of rotatable bonds is 25. The van der Waals surface area contributed by atoms with Crippen LogP contribution in [-0.4, -0.2) is 200 Å². The summed E-state index contributed by atoms with van der Waals surface area (Å²) in [6, 6.07) is 4.44. The van der Waals surface area contributed by atoms with Crippen LogP contribution < -0.4 is 38.5 Å². The molecule has 94 heavy (non-hydrogen) atoms. The fourth-order valence-corrected chi connectivity index (χ4v) is 13.0. The van der Waals surface area contributed by atoms with Crippen LogP contribution >= 0.6 is 13.4 Å². The number of aliphatic hydroxyl groups is 1. The molecule has 4 aromatic heterocycles. The Hall–Kier alpha value is -7.78. The molecule has 3 aliphatic rings. The van der Waals surface area contributed by atoms with Gasteiger partial charge >= 0.3 is 37.7 Å². The van der Waals surface area contributed by atoms with E-state index in [1.54, 1.807) is 26.0 Å². The molecule has 0 spiro atoms. The highest BCUT2D eigenvalue weighted by Crippen LogP contribution is 2.54. The van der Waals surface area contributed by atoms with Crippen molar-refractivity contribution in [1.82, 2.24) is 59.9 Å². The Kier molecular flexibility index (Phi) is 24.3. The number of ketones is 1. The maximum Gasteiger partial charge on any atom is 0.509 e. The average Bonchev–Trinajstić information content (AvgIpc) is 1.61. The molecule has 3 saturated heterocycles. The first kappa shape index (κ1) is 72.1. The van der Waals surface area contributed by atoms with E-state index in [1.165, 1.54) is 61.1 Å². The number of nitrogens with zero attached hydrogens (tertiary/aromatic N) is 9. The molecule has 0 radical (unpaired) electrons. The number of carbonyl (C=O) groups excluding carboxylic acids is 7. The first-order valence-corrected chi connectivity index (χ1v) is 34.3. The van der Waals surface area contributed by atoms with Crippen LogP contribution in [-0.2, 0) is 96.0 Å². The third-order valence-electron chi connectivity index (χ3n) is 15.0. The van der Waals surface area contributed by atoms with E-state index < -0.39 is 153 Å². The molecular weight excluding hydrogens is 1320 g/mol. The smallest absolute Gasteiger partial charge is 0.481 e. The number of carboxylic acids is 1. The number of carbonyl (C=O) groups is 8. The average molecular weight is 1400 g/mol. The van der Waals surface area contributed by atoms with Gasteiger partial charge in [-0.15, -0.1) is 0 Å². The molecule has 8 rings (SSSR count). The van der Waals surface area contributed by atoms with E-state index in [4.69, 9.17) is 87.7 Å². The van der Waals surface area contributed by atoms with Crippen LogP contribution in [0.25, 0.3) is 22.3 Å². The maximum absolute atomic E-state index is 13.9. The number of hydrogen-bond acceptors (Lipinski definition) is 28. The molecule has 3 fully saturated rings. The molecule has 37 nitrogen and oxygen atoms in total. The molecule has 41 heteroatoms. The summed E-state index contributed by atoms with van der Waals surface area (Å²) < 4.78 is 55.8. The summed E-state index contributed by atoms with van der Waals surface area (Å²) in [6.45, 7) is -4.56. The number of urea groups is 1. The molecule has 6 amide bonds. The van der Waals surface area contributed by atoms with Gasteiger partial charge < -0.3 is 96.1 Å². The molecule has 5 aromatic rings. The minimum atomic E-state index is -4.50. The topological polar surface area (TPSA) is 517 Å². The molecule has 5 unspecified atom stereocenters. The molecule has 0 aliphatic carbocycles. The van der Waals surface area contributed by atoms with Crippen LogP contribution in [0.2, 0.25) is 0 Å². The second kappa shape index (κ2) is 31.6. The number of amides is 6. The monoisotopic (exact) mass is 1390 g/mol. The van der Waals surface area contributed by atoms with Gasteiger partial charge in [0.15, 0.2) is 47.3 Å². The van der Waals surface area contributed by atoms with Crippen molar-refractivity contribution < 1.29 is 100 Å².